The monoisotopic (exact) mass is 347 g/mol. The summed E-state index contributed by atoms with van der Waals surface area (Å²) in [4.78, 5) is 13.1. The molecule has 0 atom stereocenters. The number of carbonyl (C=O) groups is 1. The number of H-pyrrole nitrogens is 1. The van der Waals surface area contributed by atoms with Crippen LogP contribution in [0.3, 0.4) is 0 Å². The number of carbonyl (C=O) groups excluding carboxylic acids is 1. The van der Waals surface area contributed by atoms with Gasteiger partial charge in [0.25, 0.3) is 5.91 Å². The maximum atomic E-state index is 12.3. The Kier molecular flexibility index (Phi) is 3.83. The zero-order valence-corrected chi connectivity index (χ0v) is 13.7. The largest absolute Gasteiger partial charge is 0.296 e. The van der Waals surface area contributed by atoms with Gasteiger partial charge >= 0.3 is 0 Å². The van der Waals surface area contributed by atoms with E-state index >= 15 is 0 Å². The first-order valence-electron chi connectivity index (χ1n) is 7.27. The molecule has 3 heterocycles. The SMILES string of the molecule is O=C(Nc1nnc(C2CCCC2)s1)c1csc(-c2nn[nH]n2)c1. The minimum Gasteiger partial charge on any atom is -0.296 e. The summed E-state index contributed by atoms with van der Waals surface area (Å²) in [7, 11) is 0. The molecular formula is C13H13N7OS2. The Labute approximate surface area is 139 Å². The van der Waals surface area contributed by atoms with Gasteiger partial charge in [0.2, 0.25) is 11.0 Å². The summed E-state index contributed by atoms with van der Waals surface area (Å²) in [6.07, 6.45) is 4.84. The van der Waals surface area contributed by atoms with Gasteiger partial charge in [0.15, 0.2) is 0 Å². The fourth-order valence-corrected chi connectivity index (χ4v) is 4.35. The van der Waals surface area contributed by atoms with Crippen molar-refractivity contribution in [3.8, 4) is 10.7 Å². The molecule has 3 aromatic heterocycles. The summed E-state index contributed by atoms with van der Waals surface area (Å²) < 4.78 is 0. The standard InChI is InChI=1S/C13H13N7OS2/c21-11(8-5-9(22-6-8)10-15-19-20-16-10)14-13-18-17-12(23-13)7-3-1-2-4-7/h5-7H,1-4H2,(H,14,18,21)(H,15,16,19,20). The Morgan fingerprint density at radius 3 is 2.91 bits per heavy atom. The van der Waals surface area contributed by atoms with E-state index in [0.717, 1.165) is 9.88 Å². The van der Waals surface area contributed by atoms with Crippen molar-refractivity contribution in [3.05, 3.63) is 22.0 Å². The van der Waals surface area contributed by atoms with Crippen LogP contribution < -0.4 is 5.32 Å². The lowest BCUT2D eigenvalue weighted by molar-refractivity contribution is 0.102. The first kappa shape index (κ1) is 14.4. The van der Waals surface area contributed by atoms with Gasteiger partial charge in [-0.05, 0) is 24.1 Å². The Hall–Kier alpha value is -2.20. The van der Waals surface area contributed by atoms with Crippen LogP contribution in [0.25, 0.3) is 10.7 Å². The molecule has 0 spiro atoms. The molecule has 1 aliphatic rings. The van der Waals surface area contributed by atoms with E-state index in [2.05, 4.69) is 36.1 Å². The van der Waals surface area contributed by atoms with Gasteiger partial charge in [-0.25, -0.2) is 0 Å². The van der Waals surface area contributed by atoms with Gasteiger partial charge < -0.3 is 0 Å². The lowest BCUT2D eigenvalue weighted by Gasteiger charge is -2.01. The van der Waals surface area contributed by atoms with Crippen molar-refractivity contribution >= 4 is 33.7 Å². The van der Waals surface area contributed by atoms with Gasteiger partial charge in [0.05, 0.1) is 10.4 Å². The highest BCUT2D eigenvalue weighted by Crippen LogP contribution is 2.36. The predicted octanol–water partition coefficient (Wildman–Crippen LogP) is 2.69. The van der Waals surface area contributed by atoms with Crippen LogP contribution in [0.1, 0.15) is 47.0 Å². The first-order valence-corrected chi connectivity index (χ1v) is 8.96. The molecule has 8 nitrogen and oxygen atoms in total. The Morgan fingerprint density at radius 1 is 1.26 bits per heavy atom. The number of anilines is 1. The zero-order valence-electron chi connectivity index (χ0n) is 12.0. The highest BCUT2D eigenvalue weighted by Gasteiger charge is 2.22. The van der Waals surface area contributed by atoms with Crippen molar-refractivity contribution in [3.63, 3.8) is 0 Å². The van der Waals surface area contributed by atoms with Crippen molar-refractivity contribution in [1.82, 2.24) is 30.8 Å². The van der Waals surface area contributed by atoms with Gasteiger partial charge in [-0.15, -0.1) is 31.7 Å². The third-order valence-corrected chi connectivity index (χ3v) is 5.72. The van der Waals surface area contributed by atoms with Crippen molar-refractivity contribution in [2.45, 2.75) is 31.6 Å². The van der Waals surface area contributed by atoms with Gasteiger partial charge in [0.1, 0.15) is 5.01 Å². The number of nitrogens with zero attached hydrogens (tertiary/aromatic N) is 5. The number of aromatic nitrogens is 6. The zero-order chi connectivity index (χ0) is 15.6. The van der Waals surface area contributed by atoms with Crippen LogP contribution in [0.5, 0.6) is 0 Å². The summed E-state index contributed by atoms with van der Waals surface area (Å²) >= 11 is 2.86. The van der Waals surface area contributed by atoms with Crippen LogP contribution in [0.2, 0.25) is 0 Å². The number of nitrogens with one attached hydrogen (secondary N) is 2. The quantitative estimate of drug-likeness (QED) is 0.751. The van der Waals surface area contributed by atoms with Crippen molar-refractivity contribution in [2.24, 2.45) is 0 Å². The minimum absolute atomic E-state index is 0.204. The third kappa shape index (κ3) is 2.99. The summed E-state index contributed by atoms with van der Waals surface area (Å²) in [5.74, 6) is 0.780. The van der Waals surface area contributed by atoms with Crippen LogP contribution in [0.4, 0.5) is 5.13 Å². The fraction of sp³-hybridized carbons (Fsp3) is 0.385. The van der Waals surface area contributed by atoms with Gasteiger partial charge in [0, 0.05) is 11.3 Å². The van der Waals surface area contributed by atoms with E-state index in [1.54, 1.807) is 11.4 Å². The molecule has 2 N–H and O–H groups in total. The van der Waals surface area contributed by atoms with Crippen LogP contribution in [0, 0.1) is 0 Å². The van der Waals surface area contributed by atoms with E-state index < -0.39 is 0 Å². The van der Waals surface area contributed by atoms with E-state index in [1.807, 2.05) is 0 Å². The second kappa shape index (κ2) is 6.13. The highest BCUT2D eigenvalue weighted by molar-refractivity contribution is 7.15. The second-order valence-electron chi connectivity index (χ2n) is 5.32. The smallest absolute Gasteiger partial charge is 0.258 e. The van der Waals surface area contributed by atoms with Crippen LogP contribution in [-0.4, -0.2) is 36.7 Å². The Balaban J connectivity index is 1.45. The highest BCUT2D eigenvalue weighted by atomic mass is 32.1. The summed E-state index contributed by atoms with van der Waals surface area (Å²) in [6.45, 7) is 0. The first-order chi connectivity index (χ1) is 11.3. The number of tetrazole rings is 1. The van der Waals surface area contributed by atoms with Crippen molar-refractivity contribution in [2.75, 3.05) is 5.32 Å². The molecule has 118 valence electrons. The normalized spacial score (nSPS) is 15.1. The van der Waals surface area contributed by atoms with Gasteiger partial charge in [-0.2, -0.15) is 5.21 Å². The molecule has 10 heteroatoms. The summed E-state index contributed by atoms with van der Waals surface area (Å²) in [5.41, 5.74) is 0.549. The summed E-state index contributed by atoms with van der Waals surface area (Å²) in [5, 5.41) is 28.2. The molecule has 4 rings (SSSR count). The predicted molar refractivity (Wildman–Crippen MR) is 86.6 cm³/mol. The van der Waals surface area contributed by atoms with Crippen LogP contribution >= 0.6 is 22.7 Å². The van der Waals surface area contributed by atoms with Gasteiger partial charge in [-0.3, -0.25) is 10.1 Å². The molecule has 23 heavy (non-hydrogen) atoms. The molecule has 1 saturated carbocycles. The van der Waals surface area contributed by atoms with E-state index in [0.29, 0.717) is 22.4 Å². The lowest BCUT2D eigenvalue weighted by Crippen LogP contribution is -2.10. The van der Waals surface area contributed by atoms with E-state index in [9.17, 15) is 4.79 Å². The number of hydrogen-bond acceptors (Lipinski definition) is 8. The van der Waals surface area contributed by atoms with E-state index in [-0.39, 0.29) is 5.91 Å². The van der Waals surface area contributed by atoms with Crippen LogP contribution in [-0.2, 0) is 0 Å². The van der Waals surface area contributed by atoms with E-state index in [4.69, 9.17) is 0 Å². The van der Waals surface area contributed by atoms with Crippen LogP contribution in [0.15, 0.2) is 11.4 Å². The maximum absolute atomic E-state index is 12.3. The Morgan fingerprint density at radius 2 is 2.13 bits per heavy atom. The number of amides is 1. The third-order valence-electron chi connectivity index (χ3n) is 3.79. The number of thiophene rings is 1. The number of rotatable bonds is 4. The van der Waals surface area contributed by atoms with Gasteiger partial charge in [-0.1, -0.05) is 24.2 Å². The fourth-order valence-electron chi connectivity index (χ4n) is 2.63. The molecule has 0 saturated heterocycles. The second-order valence-corrected chi connectivity index (χ2v) is 7.24. The average molecular weight is 347 g/mol. The minimum atomic E-state index is -0.204. The average Bonchev–Trinajstić information content (AvgIpc) is 3.30. The molecule has 0 unspecified atom stereocenters. The molecule has 1 amide bonds. The topological polar surface area (TPSA) is 109 Å². The molecule has 1 fully saturated rings. The molecule has 0 aliphatic heterocycles. The molecule has 0 bridgehead atoms. The van der Waals surface area contributed by atoms with E-state index in [1.165, 1.54) is 48.4 Å². The number of hydrogen-bond donors (Lipinski definition) is 2. The Bertz CT molecular complexity index is 804. The van der Waals surface area contributed by atoms with Crippen molar-refractivity contribution in [1.29, 1.82) is 0 Å². The maximum Gasteiger partial charge on any atom is 0.258 e. The molecule has 3 aromatic rings. The molecule has 0 radical (unpaired) electrons. The molecular weight excluding hydrogens is 334 g/mol. The summed E-state index contributed by atoms with van der Waals surface area (Å²) in [6, 6.07) is 1.74. The molecule has 1 aliphatic carbocycles. The number of aromatic amines is 1. The molecule has 0 aromatic carbocycles. The lowest BCUT2D eigenvalue weighted by atomic mass is 10.1. The van der Waals surface area contributed by atoms with Crippen molar-refractivity contribution < 1.29 is 4.79 Å².